The van der Waals surface area contributed by atoms with Gasteiger partial charge in [-0.05, 0) is 29.7 Å². The number of amides is 1. The highest BCUT2D eigenvalue weighted by Crippen LogP contribution is 2.33. The highest BCUT2D eigenvalue weighted by atomic mass is 19.1. The number of nitrogens with zero attached hydrogens (tertiary/aromatic N) is 4. The van der Waals surface area contributed by atoms with Gasteiger partial charge < -0.3 is 10.3 Å². The number of aromatic nitrogens is 6. The third-order valence-electron chi connectivity index (χ3n) is 6.36. The topological polar surface area (TPSA) is 112 Å². The number of imidazole rings is 1. The molecular formula is C30H26FN7O. The normalized spacial score (nSPS) is 11.8. The van der Waals surface area contributed by atoms with E-state index >= 15 is 0 Å². The molecular weight excluding hydrogens is 493 g/mol. The molecule has 2 aromatic carbocycles. The number of halogens is 1. The molecule has 1 amide bonds. The lowest BCUT2D eigenvalue weighted by Gasteiger charge is -2.17. The van der Waals surface area contributed by atoms with Gasteiger partial charge in [-0.15, -0.1) is 0 Å². The van der Waals surface area contributed by atoms with Crippen LogP contribution in [-0.2, 0) is 4.79 Å². The summed E-state index contributed by atoms with van der Waals surface area (Å²) in [6.07, 6.45) is 5.49. The minimum Gasteiger partial charge on any atom is -0.337 e. The minimum atomic E-state index is -0.306. The van der Waals surface area contributed by atoms with Crippen molar-refractivity contribution >= 4 is 33.7 Å². The molecule has 39 heavy (non-hydrogen) atoms. The van der Waals surface area contributed by atoms with Crippen molar-refractivity contribution in [3.05, 3.63) is 79.0 Å². The Balaban J connectivity index is 1.37. The monoisotopic (exact) mass is 519 g/mol. The number of hydrogen-bond donors (Lipinski definition) is 3. The summed E-state index contributed by atoms with van der Waals surface area (Å²) in [7, 11) is 0. The number of fused-ring (bicyclic) bond motifs is 2. The average molecular weight is 520 g/mol. The first kappa shape index (κ1) is 24.4. The number of anilines is 1. The lowest BCUT2D eigenvalue weighted by molar-refractivity contribution is -0.117. The number of nitrogens with one attached hydrogen (secondary N) is 3. The van der Waals surface area contributed by atoms with Crippen LogP contribution in [0.3, 0.4) is 0 Å². The molecule has 6 aromatic rings. The first-order valence-corrected chi connectivity index (χ1v) is 12.6. The molecule has 0 atom stereocenters. The van der Waals surface area contributed by atoms with Crippen molar-refractivity contribution < 1.29 is 9.18 Å². The van der Waals surface area contributed by atoms with Gasteiger partial charge in [0.05, 0.1) is 28.3 Å². The molecule has 9 heteroatoms. The molecule has 0 radical (unpaired) electrons. The van der Waals surface area contributed by atoms with Crippen LogP contribution in [0.25, 0.3) is 55.8 Å². The van der Waals surface area contributed by atoms with Crippen LogP contribution in [0, 0.1) is 11.2 Å². The predicted molar refractivity (Wildman–Crippen MR) is 150 cm³/mol. The van der Waals surface area contributed by atoms with Crippen LogP contribution in [0.4, 0.5) is 10.1 Å². The van der Waals surface area contributed by atoms with Crippen molar-refractivity contribution in [1.82, 2.24) is 30.1 Å². The number of hydrogen-bond acceptors (Lipinski definition) is 5. The van der Waals surface area contributed by atoms with E-state index in [9.17, 15) is 9.18 Å². The van der Waals surface area contributed by atoms with Crippen molar-refractivity contribution in [2.45, 2.75) is 27.2 Å². The molecule has 0 aliphatic carbocycles. The summed E-state index contributed by atoms with van der Waals surface area (Å²) in [5.74, 6) is 0.172. The summed E-state index contributed by atoms with van der Waals surface area (Å²) in [6, 6.07) is 16.1. The number of carbonyl (C=O) groups is 1. The Kier molecular flexibility index (Phi) is 5.91. The smallest absolute Gasteiger partial charge is 0.224 e. The second kappa shape index (κ2) is 9.43. The summed E-state index contributed by atoms with van der Waals surface area (Å²) >= 11 is 0. The Morgan fingerprint density at radius 1 is 0.974 bits per heavy atom. The fraction of sp³-hybridized carbons (Fsp3) is 0.167. The number of carbonyl (C=O) groups excluding carboxylic acids is 1. The molecule has 0 aliphatic heterocycles. The van der Waals surface area contributed by atoms with Gasteiger partial charge in [0, 0.05) is 41.1 Å². The maximum absolute atomic E-state index is 14.6. The van der Waals surface area contributed by atoms with Gasteiger partial charge in [-0.25, -0.2) is 14.4 Å². The molecule has 0 saturated heterocycles. The van der Waals surface area contributed by atoms with Gasteiger partial charge in [0.25, 0.3) is 0 Å². The summed E-state index contributed by atoms with van der Waals surface area (Å²) < 4.78 is 14.6. The molecule has 3 N–H and O–H groups in total. The first-order chi connectivity index (χ1) is 18.7. The molecule has 0 bridgehead atoms. The quantitative estimate of drug-likeness (QED) is 0.233. The number of aromatic amines is 2. The minimum absolute atomic E-state index is 0.0632. The van der Waals surface area contributed by atoms with Gasteiger partial charge in [0.15, 0.2) is 11.5 Å². The fourth-order valence-electron chi connectivity index (χ4n) is 4.64. The Labute approximate surface area is 223 Å². The van der Waals surface area contributed by atoms with Gasteiger partial charge in [0.1, 0.15) is 11.5 Å². The van der Waals surface area contributed by atoms with Crippen LogP contribution in [-0.4, -0.2) is 36.0 Å². The maximum Gasteiger partial charge on any atom is 0.224 e. The second-order valence-corrected chi connectivity index (χ2v) is 10.7. The molecule has 6 rings (SSSR count). The number of rotatable bonds is 5. The van der Waals surface area contributed by atoms with Gasteiger partial charge in [-0.2, -0.15) is 5.10 Å². The number of para-hydroxylation sites is 1. The standard InChI is InChI=1S/C30H26FN7O/c1-30(2,3)13-25(39)34-19-11-17(14-32-16-19)18-12-22-27(37-38-28(22)33-15-18)29-35-24-10-6-8-21(26(24)36-29)20-7-4-5-9-23(20)31/h4-12,14-16H,13H2,1-3H3,(H,34,39)(H,35,36)(H,33,37,38). The highest BCUT2D eigenvalue weighted by molar-refractivity contribution is 5.97. The van der Waals surface area contributed by atoms with Gasteiger partial charge >= 0.3 is 0 Å². The Morgan fingerprint density at radius 3 is 2.59 bits per heavy atom. The SMILES string of the molecule is CC(C)(C)CC(=O)Nc1cncc(-c2cnc3[nH]nc(-c4nc5c(-c6ccccc6F)cccc5[nH]4)c3c2)c1. The van der Waals surface area contributed by atoms with E-state index in [0.29, 0.717) is 45.9 Å². The van der Waals surface area contributed by atoms with Crippen LogP contribution in [0.1, 0.15) is 27.2 Å². The predicted octanol–water partition coefficient (Wildman–Crippen LogP) is 6.74. The molecule has 194 valence electrons. The van der Waals surface area contributed by atoms with Crippen molar-refractivity contribution in [3.8, 4) is 33.8 Å². The van der Waals surface area contributed by atoms with E-state index in [4.69, 9.17) is 4.98 Å². The van der Waals surface area contributed by atoms with E-state index in [-0.39, 0.29) is 17.1 Å². The van der Waals surface area contributed by atoms with Crippen LogP contribution in [0.5, 0.6) is 0 Å². The number of H-pyrrole nitrogens is 2. The van der Waals surface area contributed by atoms with Crippen LogP contribution >= 0.6 is 0 Å². The zero-order valence-corrected chi connectivity index (χ0v) is 21.7. The van der Waals surface area contributed by atoms with E-state index < -0.39 is 0 Å². The maximum atomic E-state index is 14.6. The Bertz CT molecular complexity index is 1850. The molecule has 0 saturated carbocycles. The van der Waals surface area contributed by atoms with Gasteiger partial charge in [-0.3, -0.25) is 14.9 Å². The van der Waals surface area contributed by atoms with E-state index in [1.165, 1.54) is 6.07 Å². The van der Waals surface area contributed by atoms with Gasteiger partial charge in [-0.1, -0.05) is 51.1 Å². The zero-order valence-electron chi connectivity index (χ0n) is 21.7. The van der Waals surface area contributed by atoms with Crippen molar-refractivity contribution in [1.29, 1.82) is 0 Å². The van der Waals surface area contributed by atoms with Crippen LogP contribution < -0.4 is 5.32 Å². The summed E-state index contributed by atoms with van der Waals surface area (Å²) in [6.45, 7) is 6.06. The van der Waals surface area contributed by atoms with E-state index in [1.807, 2.05) is 51.1 Å². The van der Waals surface area contributed by atoms with Crippen molar-refractivity contribution in [3.63, 3.8) is 0 Å². The largest absolute Gasteiger partial charge is 0.337 e. The summed E-state index contributed by atoms with van der Waals surface area (Å²) in [5, 5.41) is 11.1. The van der Waals surface area contributed by atoms with Crippen LogP contribution in [0.2, 0.25) is 0 Å². The molecule has 0 spiro atoms. The molecule has 0 aliphatic rings. The van der Waals surface area contributed by atoms with E-state index in [2.05, 4.69) is 30.5 Å². The van der Waals surface area contributed by atoms with E-state index in [1.54, 1.807) is 36.8 Å². The number of benzene rings is 2. The Hall–Kier alpha value is -4.92. The van der Waals surface area contributed by atoms with Crippen molar-refractivity contribution in [2.24, 2.45) is 5.41 Å². The summed E-state index contributed by atoms with van der Waals surface area (Å²) in [5.41, 5.74) is 5.92. The van der Waals surface area contributed by atoms with Crippen molar-refractivity contribution in [2.75, 3.05) is 5.32 Å². The zero-order chi connectivity index (χ0) is 27.1. The summed E-state index contributed by atoms with van der Waals surface area (Å²) in [4.78, 5) is 29.4. The van der Waals surface area contributed by atoms with E-state index in [0.717, 1.165) is 22.0 Å². The highest BCUT2D eigenvalue weighted by Gasteiger charge is 2.18. The Morgan fingerprint density at radius 2 is 1.77 bits per heavy atom. The molecule has 0 fully saturated rings. The fourth-order valence-corrected chi connectivity index (χ4v) is 4.64. The third-order valence-corrected chi connectivity index (χ3v) is 6.36. The second-order valence-electron chi connectivity index (χ2n) is 10.7. The number of pyridine rings is 2. The van der Waals surface area contributed by atoms with Gasteiger partial charge in [0.2, 0.25) is 5.91 Å². The lowest BCUT2D eigenvalue weighted by Crippen LogP contribution is -2.19. The third kappa shape index (κ3) is 4.86. The first-order valence-electron chi connectivity index (χ1n) is 12.6. The molecule has 4 heterocycles. The lowest BCUT2D eigenvalue weighted by atomic mass is 9.92. The molecule has 4 aromatic heterocycles. The average Bonchev–Trinajstić information content (AvgIpc) is 3.51. The molecule has 8 nitrogen and oxygen atoms in total. The molecule has 0 unspecified atom stereocenters. The van der Waals surface area contributed by atoms with Crippen LogP contribution in [0.15, 0.2) is 73.2 Å².